The number of hydrogen-bond donors (Lipinski definition) is 1. The van der Waals surface area contributed by atoms with Crippen LogP contribution >= 0.6 is 0 Å². The monoisotopic (exact) mass is 280 g/mol. The minimum atomic E-state index is -3.17. The quantitative estimate of drug-likeness (QED) is 0.852. The molecule has 2 heterocycles. The molecule has 0 amide bonds. The summed E-state index contributed by atoms with van der Waals surface area (Å²) < 4.78 is 61.6. The standard InChI is InChI=1S/C10H11F3N2O2S/c11-7-4-8(12)10(15-9(7)13)14-5-6-2-1-3-18(6,16)17/h4,6H,1-3,5H2,(H,14,15). The molecule has 1 fully saturated rings. The molecular weight excluding hydrogens is 269 g/mol. The number of nitrogens with one attached hydrogen (secondary N) is 1. The molecule has 1 aromatic heterocycles. The van der Waals surface area contributed by atoms with E-state index in [0.29, 0.717) is 18.9 Å². The Morgan fingerprint density at radius 3 is 2.67 bits per heavy atom. The van der Waals surface area contributed by atoms with Gasteiger partial charge in [-0.15, -0.1) is 0 Å². The largest absolute Gasteiger partial charge is 0.366 e. The third-order valence-electron chi connectivity index (χ3n) is 2.85. The van der Waals surface area contributed by atoms with Crippen LogP contribution in [-0.4, -0.2) is 30.9 Å². The molecule has 0 aliphatic carbocycles. The van der Waals surface area contributed by atoms with Gasteiger partial charge in [-0.2, -0.15) is 9.37 Å². The number of hydrogen-bond acceptors (Lipinski definition) is 4. The molecule has 2 rings (SSSR count). The summed E-state index contributed by atoms with van der Waals surface area (Å²) in [5, 5.41) is 1.77. The zero-order valence-corrected chi connectivity index (χ0v) is 10.1. The Kier molecular flexibility index (Phi) is 3.47. The molecule has 1 aromatic rings. The first-order valence-electron chi connectivity index (χ1n) is 5.37. The molecule has 8 heteroatoms. The van der Waals surface area contributed by atoms with Crippen LogP contribution in [0, 0.1) is 17.6 Å². The molecule has 1 unspecified atom stereocenters. The lowest BCUT2D eigenvalue weighted by molar-refractivity contribution is 0.466. The molecule has 0 saturated carbocycles. The SMILES string of the molecule is O=S1(=O)CCCC1CNc1nc(F)c(F)cc1F. The van der Waals surface area contributed by atoms with Crippen molar-refractivity contribution in [2.45, 2.75) is 18.1 Å². The second-order valence-electron chi connectivity index (χ2n) is 4.10. The van der Waals surface area contributed by atoms with Crippen molar-refractivity contribution in [1.82, 2.24) is 4.98 Å². The van der Waals surface area contributed by atoms with Crippen LogP contribution in [0.4, 0.5) is 19.0 Å². The van der Waals surface area contributed by atoms with Gasteiger partial charge in [0.2, 0.25) is 0 Å². The van der Waals surface area contributed by atoms with Crippen molar-refractivity contribution in [2.75, 3.05) is 17.6 Å². The lowest BCUT2D eigenvalue weighted by Crippen LogP contribution is -2.25. The molecule has 100 valence electrons. The minimum Gasteiger partial charge on any atom is -0.366 e. The first kappa shape index (κ1) is 13.1. The van der Waals surface area contributed by atoms with E-state index in [-0.39, 0.29) is 12.3 Å². The maximum absolute atomic E-state index is 13.2. The number of anilines is 1. The van der Waals surface area contributed by atoms with Crippen molar-refractivity contribution in [3.63, 3.8) is 0 Å². The maximum Gasteiger partial charge on any atom is 0.251 e. The molecule has 0 aromatic carbocycles. The summed E-state index contributed by atoms with van der Waals surface area (Å²) in [7, 11) is -3.17. The zero-order valence-electron chi connectivity index (χ0n) is 9.29. The van der Waals surface area contributed by atoms with Crippen LogP contribution in [0.3, 0.4) is 0 Å². The normalized spacial score (nSPS) is 22.1. The number of nitrogens with zero attached hydrogens (tertiary/aromatic N) is 1. The van der Waals surface area contributed by atoms with E-state index in [1.807, 2.05) is 0 Å². The number of rotatable bonds is 3. The van der Waals surface area contributed by atoms with Crippen molar-refractivity contribution < 1.29 is 21.6 Å². The summed E-state index contributed by atoms with van der Waals surface area (Å²) in [6.07, 6.45) is 1.03. The van der Waals surface area contributed by atoms with Gasteiger partial charge in [-0.25, -0.2) is 17.2 Å². The van der Waals surface area contributed by atoms with Gasteiger partial charge in [0.25, 0.3) is 5.95 Å². The van der Waals surface area contributed by atoms with Gasteiger partial charge in [0, 0.05) is 12.6 Å². The first-order valence-corrected chi connectivity index (χ1v) is 7.08. The van der Waals surface area contributed by atoms with Crippen molar-refractivity contribution >= 4 is 15.7 Å². The van der Waals surface area contributed by atoms with Crippen molar-refractivity contribution in [2.24, 2.45) is 0 Å². The molecule has 1 aliphatic rings. The van der Waals surface area contributed by atoms with Crippen molar-refractivity contribution in [3.05, 3.63) is 23.6 Å². The fourth-order valence-electron chi connectivity index (χ4n) is 1.87. The van der Waals surface area contributed by atoms with Gasteiger partial charge >= 0.3 is 0 Å². The zero-order chi connectivity index (χ0) is 13.3. The van der Waals surface area contributed by atoms with E-state index >= 15 is 0 Å². The molecule has 18 heavy (non-hydrogen) atoms. The highest BCUT2D eigenvalue weighted by Crippen LogP contribution is 2.21. The molecule has 0 radical (unpaired) electrons. The summed E-state index contributed by atoms with van der Waals surface area (Å²) in [5.74, 6) is -4.23. The van der Waals surface area contributed by atoms with Crippen LogP contribution in [-0.2, 0) is 9.84 Å². The van der Waals surface area contributed by atoms with E-state index in [0.717, 1.165) is 0 Å². The van der Waals surface area contributed by atoms with Crippen molar-refractivity contribution in [1.29, 1.82) is 0 Å². The molecule has 0 spiro atoms. The van der Waals surface area contributed by atoms with Gasteiger partial charge in [-0.3, -0.25) is 0 Å². The lowest BCUT2D eigenvalue weighted by atomic mass is 10.2. The van der Waals surface area contributed by atoms with Gasteiger partial charge in [-0.1, -0.05) is 0 Å². The van der Waals surface area contributed by atoms with Crippen LogP contribution in [0.5, 0.6) is 0 Å². The Labute approximate surface area is 102 Å². The first-order chi connectivity index (χ1) is 8.40. The summed E-state index contributed by atoms with van der Waals surface area (Å²) in [5.41, 5.74) is 0. The third kappa shape index (κ3) is 2.58. The third-order valence-corrected chi connectivity index (χ3v) is 5.12. The summed E-state index contributed by atoms with van der Waals surface area (Å²) in [4.78, 5) is 3.06. The predicted octanol–water partition coefficient (Wildman–Crippen LogP) is 1.49. The fraction of sp³-hybridized carbons (Fsp3) is 0.500. The Morgan fingerprint density at radius 2 is 2.06 bits per heavy atom. The number of aromatic nitrogens is 1. The van der Waals surface area contributed by atoms with E-state index in [2.05, 4.69) is 10.3 Å². The summed E-state index contributed by atoms with van der Waals surface area (Å²) >= 11 is 0. The van der Waals surface area contributed by atoms with E-state index in [4.69, 9.17) is 0 Å². The van der Waals surface area contributed by atoms with Gasteiger partial charge < -0.3 is 5.32 Å². The number of pyridine rings is 1. The average Bonchev–Trinajstić information content (AvgIpc) is 2.61. The Bertz CT molecular complexity index is 562. The Balaban J connectivity index is 2.09. The second-order valence-corrected chi connectivity index (χ2v) is 6.50. The molecular formula is C10H11F3N2O2S. The average molecular weight is 280 g/mol. The molecule has 1 N–H and O–H groups in total. The highest BCUT2D eigenvalue weighted by atomic mass is 32.2. The van der Waals surface area contributed by atoms with Crippen LogP contribution < -0.4 is 5.32 Å². The summed E-state index contributed by atoms with van der Waals surface area (Å²) in [6.45, 7) is -0.0582. The smallest absolute Gasteiger partial charge is 0.251 e. The van der Waals surface area contributed by atoms with E-state index < -0.39 is 38.5 Å². The fourth-order valence-corrected chi connectivity index (χ4v) is 3.63. The van der Waals surface area contributed by atoms with E-state index in [1.165, 1.54) is 0 Å². The van der Waals surface area contributed by atoms with Gasteiger partial charge in [0.05, 0.1) is 11.0 Å². The van der Waals surface area contributed by atoms with Gasteiger partial charge in [-0.05, 0) is 12.8 Å². The molecule has 1 atom stereocenters. The number of halogens is 3. The van der Waals surface area contributed by atoms with Crippen LogP contribution in [0.1, 0.15) is 12.8 Å². The highest BCUT2D eigenvalue weighted by Gasteiger charge is 2.31. The minimum absolute atomic E-state index is 0.0582. The molecule has 4 nitrogen and oxygen atoms in total. The predicted molar refractivity (Wildman–Crippen MR) is 59.4 cm³/mol. The topological polar surface area (TPSA) is 59.1 Å². The van der Waals surface area contributed by atoms with E-state index in [1.54, 1.807) is 0 Å². The molecule has 1 saturated heterocycles. The summed E-state index contributed by atoms with van der Waals surface area (Å²) in [6, 6.07) is 0.369. The van der Waals surface area contributed by atoms with Gasteiger partial charge in [0.15, 0.2) is 27.3 Å². The van der Waals surface area contributed by atoms with Crippen LogP contribution in [0.15, 0.2) is 6.07 Å². The van der Waals surface area contributed by atoms with Gasteiger partial charge in [0.1, 0.15) is 0 Å². The van der Waals surface area contributed by atoms with Crippen LogP contribution in [0.2, 0.25) is 0 Å². The van der Waals surface area contributed by atoms with Crippen LogP contribution in [0.25, 0.3) is 0 Å². The second kappa shape index (κ2) is 4.75. The number of sulfone groups is 1. The van der Waals surface area contributed by atoms with Crippen molar-refractivity contribution in [3.8, 4) is 0 Å². The molecule has 0 bridgehead atoms. The molecule has 1 aliphatic heterocycles. The highest BCUT2D eigenvalue weighted by molar-refractivity contribution is 7.92. The Morgan fingerprint density at radius 1 is 1.33 bits per heavy atom. The maximum atomic E-state index is 13.2. The Hall–Kier alpha value is -1.31. The lowest BCUT2D eigenvalue weighted by Gasteiger charge is -2.11. The van der Waals surface area contributed by atoms with E-state index in [9.17, 15) is 21.6 Å².